The third kappa shape index (κ3) is 3.57. The summed E-state index contributed by atoms with van der Waals surface area (Å²) in [7, 11) is 0. The Morgan fingerprint density at radius 3 is 2.58 bits per heavy atom. The van der Waals surface area contributed by atoms with Gasteiger partial charge in [-0.2, -0.15) is 0 Å². The second-order valence-electron chi connectivity index (χ2n) is 5.80. The summed E-state index contributed by atoms with van der Waals surface area (Å²) in [6, 6.07) is 13.6. The molecule has 1 heterocycles. The summed E-state index contributed by atoms with van der Waals surface area (Å²) in [5, 5.41) is 11.1. The number of thioether (sulfide) groups is 1. The molecule has 0 saturated carbocycles. The number of benzene rings is 2. The number of aromatic hydroxyl groups is 1. The maximum absolute atomic E-state index is 12.7. The Kier molecular flexibility index (Phi) is 5.27. The highest BCUT2D eigenvalue weighted by molar-refractivity contribution is 8.15. The monoisotopic (exact) mass is 370 g/mol. The fourth-order valence-corrected chi connectivity index (χ4v) is 3.76. The first-order valence-corrected chi connectivity index (χ1v) is 9.09. The molecule has 26 heavy (non-hydrogen) atoms. The maximum atomic E-state index is 12.7. The lowest BCUT2D eigenvalue weighted by Gasteiger charge is -2.17. The molecule has 1 aliphatic rings. The smallest absolute Gasteiger partial charge is 0.293 e. The second kappa shape index (κ2) is 7.61. The van der Waals surface area contributed by atoms with Crippen LogP contribution in [0.2, 0.25) is 0 Å². The lowest BCUT2D eigenvalue weighted by Crippen LogP contribution is -2.33. The fraction of sp³-hybridized carbons (Fsp3) is 0.211. The zero-order valence-corrected chi connectivity index (χ0v) is 15.0. The Balaban J connectivity index is 1.73. The van der Waals surface area contributed by atoms with E-state index in [0.717, 1.165) is 22.2 Å². The molecular formula is C19H18N2O4S. The molecular weight excluding hydrogens is 352 g/mol. The molecule has 0 bridgehead atoms. The van der Waals surface area contributed by atoms with E-state index in [0.29, 0.717) is 12.1 Å². The number of rotatable bonds is 5. The summed E-state index contributed by atoms with van der Waals surface area (Å²) in [5.41, 5.74) is 1.74. The quantitative estimate of drug-likeness (QED) is 0.786. The molecule has 134 valence electrons. The number of para-hydroxylation sites is 3. The lowest BCUT2D eigenvalue weighted by molar-refractivity contribution is -0.121. The van der Waals surface area contributed by atoms with Gasteiger partial charge in [-0.25, -0.2) is 4.90 Å². The number of aryl methyl sites for hydroxylation is 1. The Hall–Kier alpha value is -2.80. The number of anilines is 2. The van der Waals surface area contributed by atoms with Crippen LogP contribution in [0.1, 0.15) is 18.9 Å². The highest BCUT2D eigenvalue weighted by atomic mass is 32.2. The molecule has 0 spiro atoms. The number of imide groups is 1. The molecule has 3 rings (SSSR count). The number of phenolic OH excluding ortho intramolecular Hbond substituents is 1. The summed E-state index contributed by atoms with van der Waals surface area (Å²) in [6.07, 6.45) is 0.546. The van der Waals surface area contributed by atoms with Gasteiger partial charge in [0.1, 0.15) is 11.0 Å². The minimum absolute atomic E-state index is 0.0548. The van der Waals surface area contributed by atoms with Crippen molar-refractivity contribution in [1.29, 1.82) is 0 Å². The lowest BCUT2D eigenvalue weighted by atomic mass is 10.1. The van der Waals surface area contributed by atoms with Crippen LogP contribution in [0.5, 0.6) is 5.75 Å². The Morgan fingerprint density at radius 1 is 1.15 bits per heavy atom. The fourth-order valence-electron chi connectivity index (χ4n) is 2.78. The molecule has 1 saturated heterocycles. The number of phenols is 1. The van der Waals surface area contributed by atoms with E-state index < -0.39 is 17.1 Å². The first kappa shape index (κ1) is 18.0. The molecule has 3 amide bonds. The van der Waals surface area contributed by atoms with E-state index in [4.69, 9.17) is 0 Å². The molecule has 1 atom stereocenters. The van der Waals surface area contributed by atoms with E-state index in [-0.39, 0.29) is 23.1 Å². The van der Waals surface area contributed by atoms with Crippen molar-refractivity contribution in [3.05, 3.63) is 54.1 Å². The Morgan fingerprint density at radius 2 is 1.85 bits per heavy atom. The molecule has 1 unspecified atom stereocenters. The molecule has 0 aliphatic carbocycles. The van der Waals surface area contributed by atoms with E-state index in [1.807, 2.05) is 19.1 Å². The van der Waals surface area contributed by atoms with Gasteiger partial charge in [0.05, 0.1) is 11.4 Å². The van der Waals surface area contributed by atoms with Crippen molar-refractivity contribution < 1.29 is 19.5 Å². The average Bonchev–Trinajstić information content (AvgIpc) is 2.90. The van der Waals surface area contributed by atoms with Crippen LogP contribution in [0.3, 0.4) is 0 Å². The maximum Gasteiger partial charge on any atom is 0.293 e. The normalized spacial score (nSPS) is 16.8. The SMILES string of the molecule is CCc1ccccc1N1C(=O)SC(CC(=O)Nc2ccccc2O)C1=O. The van der Waals surface area contributed by atoms with Crippen molar-refractivity contribution in [3.8, 4) is 5.75 Å². The molecule has 0 aromatic heterocycles. The van der Waals surface area contributed by atoms with Crippen molar-refractivity contribution in [1.82, 2.24) is 0 Å². The summed E-state index contributed by atoms with van der Waals surface area (Å²) in [5.74, 6) is -0.884. The molecule has 2 aromatic carbocycles. The first-order valence-electron chi connectivity index (χ1n) is 8.21. The summed E-state index contributed by atoms with van der Waals surface area (Å²) < 4.78 is 0. The number of carbonyl (C=O) groups is 3. The van der Waals surface area contributed by atoms with Crippen molar-refractivity contribution in [2.45, 2.75) is 25.0 Å². The third-order valence-corrected chi connectivity index (χ3v) is 5.12. The molecule has 1 aliphatic heterocycles. The van der Waals surface area contributed by atoms with Gasteiger partial charge in [-0.3, -0.25) is 14.4 Å². The van der Waals surface area contributed by atoms with Gasteiger partial charge < -0.3 is 10.4 Å². The van der Waals surface area contributed by atoms with Gasteiger partial charge in [0.2, 0.25) is 11.8 Å². The van der Waals surface area contributed by atoms with Crippen molar-refractivity contribution in [2.75, 3.05) is 10.2 Å². The van der Waals surface area contributed by atoms with Crippen LogP contribution < -0.4 is 10.2 Å². The minimum atomic E-state index is -0.779. The molecule has 7 heteroatoms. The molecule has 0 radical (unpaired) electrons. The van der Waals surface area contributed by atoms with Crippen molar-refractivity contribution >= 4 is 40.2 Å². The molecule has 2 aromatic rings. The van der Waals surface area contributed by atoms with Gasteiger partial charge in [-0.05, 0) is 41.9 Å². The topological polar surface area (TPSA) is 86.7 Å². The van der Waals surface area contributed by atoms with Crippen LogP contribution in [-0.2, 0) is 16.0 Å². The van der Waals surface area contributed by atoms with E-state index in [1.165, 1.54) is 6.07 Å². The van der Waals surface area contributed by atoms with Gasteiger partial charge in [0.15, 0.2) is 0 Å². The largest absolute Gasteiger partial charge is 0.506 e. The number of amides is 3. The molecule has 2 N–H and O–H groups in total. The van der Waals surface area contributed by atoms with E-state index in [9.17, 15) is 19.5 Å². The second-order valence-corrected chi connectivity index (χ2v) is 6.95. The van der Waals surface area contributed by atoms with Crippen molar-refractivity contribution in [2.24, 2.45) is 0 Å². The van der Waals surface area contributed by atoms with Gasteiger partial charge in [-0.15, -0.1) is 0 Å². The summed E-state index contributed by atoms with van der Waals surface area (Å²) in [4.78, 5) is 38.4. The predicted octanol–water partition coefficient (Wildman–Crippen LogP) is 3.55. The number of nitrogens with zero attached hydrogens (tertiary/aromatic N) is 1. The number of hydrogen-bond donors (Lipinski definition) is 2. The number of carbonyl (C=O) groups excluding carboxylic acids is 3. The van der Waals surface area contributed by atoms with Crippen LogP contribution in [0.25, 0.3) is 0 Å². The number of hydrogen-bond acceptors (Lipinski definition) is 5. The summed E-state index contributed by atoms with van der Waals surface area (Å²) >= 11 is 0.853. The van der Waals surface area contributed by atoms with Crippen LogP contribution in [0.4, 0.5) is 16.2 Å². The average molecular weight is 370 g/mol. The van der Waals surface area contributed by atoms with E-state index in [1.54, 1.807) is 30.3 Å². The first-order chi connectivity index (χ1) is 12.5. The minimum Gasteiger partial charge on any atom is -0.506 e. The van der Waals surface area contributed by atoms with E-state index in [2.05, 4.69) is 5.32 Å². The highest BCUT2D eigenvalue weighted by Gasteiger charge is 2.42. The number of nitrogens with one attached hydrogen (secondary N) is 1. The van der Waals surface area contributed by atoms with Crippen molar-refractivity contribution in [3.63, 3.8) is 0 Å². The van der Waals surface area contributed by atoms with Gasteiger partial charge in [0, 0.05) is 6.42 Å². The third-order valence-electron chi connectivity index (χ3n) is 4.08. The Labute approximate surface area is 155 Å². The zero-order valence-electron chi connectivity index (χ0n) is 14.1. The standard InChI is InChI=1S/C19H18N2O4S/c1-2-12-7-3-5-9-14(12)21-18(24)16(26-19(21)25)11-17(23)20-13-8-4-6-10-15(13)22/h3-10,16,22H,2,11H2,1H3,(H,20,23). The van der Waals surface area contributed by atoms with Crippen LogP contribution in [0, 0.1) is 0 Å². The van der Waals surface area contributed by atoms with Crippen LogP contribution in [-0.4, -0.2) is 27.4 Å². The van der Waals surface area contributed by atoms with Crippen LogP contribution in [0.15, 0.2) is 48.5 Å². The zero-order chi connectivity index (χ0) is 18.7. The van der Waals surface area contributed by atoms with Gasteiger partial charge in [0.25, 0.3) is 5.24 Å². The van der Waals surface area contributed by atoms with Gasteiger partial charge in [-0.1, -0.05) is 37.3 Å². The Bertz CT molecular complexity index is 868. The van der Waals surface area contributed by atoms with Crippen LogP contribution >= 0.6 is 11.8 Å². The molecule has 6 nitrogen and oxygen atoms in total. The highest BCUT2D eigenvalue weighted by Crippen LogP contribution is 2.35. The summed E-state index contributed by atoms with van der Waals surface area (Å²) in [6.45, 7) is 1.95. The predicted molar refractivity (Wildman–Crippen MR) is 101 cm³/mol. The molecule has 1 fully saturated rings. The van der Waals surface area contributed by atoms with Gasteiger partial charge >= 0.3 is 0 Å². The van der Waals surface area contributed by atoms with E-state index >= 15 is 0 Å².